The lowest BCUT2D eigenvalue weighted by atomic mass is 9.83. The van der Waals surface area contributed by atoms with Crippen LogP contribution in [0.15, 0.2) is 16.9 Å². The fourth-order valence-corrected chi connectivity index (χ4v) is 1.94. The monoisotopic (exact) mass is 204 g/mol. The maximum absolute atomic E-state index is 11.7. The van der Waals surface area contributed by atoms with Crippen LogP contribution in [0.5, 0.6) is 0 Å². The number of aromatic amines is 1. The average molecular weight is 204 g/mol. The molecule has 3 rings (SSSR count). The van der Waals surface area contributed by atoms with Crippen molar-refractivity contribution in [3.05, 3.63) is 28.2 Å². The lowest BCUT2D eigenvalue weighted by Gasteiger charge is -2.24. The second kappa shape index (κ2) is 2.85. The Kier molecular flexibility index (Phi) is 1.62. The van der Waals surface area contributed by atoms with Gasteiger partial charge in [0.15, 0.2) is 5.65 Å². The quantitative estimate of drug-likeness (QED) is 0.723. The molecule has 1 aliphatic rings. The molecule has 1 saturated carbocycles. The largest absolute Gasteiger partial charge is 0.384 e. The highest BCUT2D eigenvalue weighted by Crippen LogP contribution is 2.34. The number of nitrogens with one attached hydrogen (secondary N) is 1. The summed E-state index contributed by atoms with van der Waals surface area (Å²) in [5.41, 5.74) is 7.01. The lowest BCUT2D eigenvalue weighted by Crippen LogP contribution is -2.19. The van der Waals surface area contributed by atoms with Crippen LogP contribution in [0.25, 0.3) is 5.65 Å². The molecular weight excluding hydrogens is 192 g/mol. The maximum Gasteiger partial charge on any atom is 0.272 e. The van der Waals surface area contributed by atoms with Gasteiger partial charge in [0.2, 0.25) is 0 Å². The van der Waals surface area contributed by atoms with Crippen molar-refractivity contribution in [2.45, 2.75) is 25.2 Å². The molecule has 0 amide bonds. The fraction of sp³-hybridized carbons (Fsp3) is 0.400. The van der Waals surface area contributed by atoms with Gasteiger partial charge in [-0.25, -0.2) is 4.98 Å². The molecule has 3 N–H and O–H groups in total. The molecule has 0 aromatic carbocycles. The number of nitrogens with two attached hydrogens (primary N) is 1. The van der Waals surface area contributed by atoms with Crippen LogP contribution in [-0.2, 0) is 0 Å². The standard InChI is InChI=1S/C10H12N4O/c11-8-5-9-12-7(6-2-1-3-6)4-10(15)14(9)13-8/h4-6,13H,1-3,11H2. The highest BCUT2D eigenvalue weighted by molar-refractivity contribution is 5.48. The van der Waals surface area contributed by atoms with Crippen LogP contribution in [-0.4, -0.2) is 14.6 Å². The molecule has 5 nitrogen and oxygen atoms in total. The SMILES string of the molecule is Nc1cc2nc(C3CCC3)cc(=O)n2[nH]1. The minimum absolute atomic E-state index is 0.0846. The first-order valence-electron chi connectivity index (χ1n) is 5.12. The summed E-state index contributed by atoms with van der Waals surface area (Å²) in [5.74, 6) is 0.934. The van der Waals surface area contributed by atoms with E-state index in [1.807, 2.05) is 0 Å². The first kappa shape index (κ1) is 8.52. The number of hydrogen-bond acceptors (Lipinski definition) is 3. The molecule has 0 aliphatic heterocycles. The second-order valence-electron chi connectivity index (χ2n) is 4.05. The van der Waals surface area contributed by atoms with Gasteiger partial charge in [-0.05, 0) is 12.8 Å². The number of nitrogen functional groups attached to an aromatic ring is 1. The number of hydrogen-bond donors (Lipinski definition) is 2. The Hall–Kier alpha value is -1.78. The third-order valence-corrected chi connectivity index (χ3v) is 3.01. The van der Waals surface area contributed by atoms with E-state index >= 15 is 0 Å². The summed E-state index contributed by atoms with van der Waals surface area (Å²) in [4.78, 5) is 16.1. The van der Waals surface area contributed by atoms with Crippen molar-refractivity contribution in [2.75, 3.05) is 5.73 Å². The van der Waals surface area contributed by atoms with Gasteiger partial charge in [0.1, 0.15) is 5.82 Å². The lowest BCUT2D eigenvalue weighted by molar-refractivity contribution is 0.411. The van der Waals surface area contributed by atoms with Crippen LogP contribution < -0.4 is 11.3 Å². The number of H-pyrrole nitrogens is 1. The topological polar surface area (TPSA) is 76.2 Å². The van der Waals surface area contributed by atoms with Crippen molar-refractivity contribution in [1.29, 1.82) is 0 Å². The Balaban J connectivity index is 2.21. The third-order valence-electron chi connectivity index (χ3n) is 3.01. The van der Waals surface area contributed by atoms with Gasteiger partial charge in [-0.1, -0.05) is 6.42 Å². The summed E-state index contributed by atoms with van der Waals surface area (Å²) in [7, 11) is 0. The molecule has 2 aromatic rings. The van der Waals surface area contributed by atoms with E-state index in [0.717, 1.165) is 18.5 Å². The number of aromatic nitrogens is 3. The zero-order valence-corrected chi connectivity index (χ0v) is 8.23. The van der Waals surface area contributed by atoms with Crippen LogP contribution in [0, 0.1) is 0 Å². The Morgan fingerprint density at radius 3 is 2.93 bits per heavy atom. The molecule has 0 bridgehead atoms. The molecule has 0 unspecified atom stereocenters. The normalized spacial score (nSPS) is 16.8. The van der Waals surface area contributed by atoms with Gasteiger partial charge in [-0.3, -0.25) is 9.89 Å². The van der Waals surface area contributed by atoms with Crippen molar-refractivity contribution >= 4 is 11.5 Å². The third kappa shape index (κ3) is 1.23. The molecule has 2 aromatic heterocycles. The molecule has 15 heavy (non-hydrogen) atoms. The van der Waals surface area contributed by atoms with Gasteiger partial charge < -0.3 is 5.73 Å². The van der Waals surface area contributed by atoms with Gasteiger partial charge in [0, 0.05) is 18.1 Å². The van der Waals surface area contributed by atoms with Crippen LogP contribution in [0.3, 0.4) is 0 Å². The highest BCUT2D eigenvalue weighted by atomic mass is 16.1. The maximum atomic E-state index is 11.7. The molecule has 0 atom stereocenters. The van der Waals surface area contributed by atoms with E-state index in [1.165, 1.54) is 10.9 Å². The molecule has 0 spiro atoms. The predicted octanol–water partition coefficient (Wildman–Crippen LogP) is 0.872. The molecular formula is C10H12N4O. The Morgan fingerprint density at radius 1 is 1.47 bits per heavy atom. The van der Waals surface area contributed by atoms with Crippen LogP contribution >= 0.6 is 0 Å². The summed E-state index contributed by atoms with van der Waals surface area (Å²) >= 11 is 0. The van der Waals surface area contributed by atoms with E-state index in [4.69, 9.17) is 5.73 Å². The number of nitrogens with zero attached hydrogens (tertiary/aromatic N) is 2. The molecule has 2 heterocycles. The molecule has 1 aliphatic carbocycles. The van der Waals surface area contributed by atoms with E-state index < -0.39 is 0 Å². The first-order valence-corrected chi connectivity index (χ1v) is 5.12. The van der Waals surface area contributed by atoms with E-state index in [1.54, 1.807) is 12.1 Å². The summed E-state index contributed by atoms with van der Waals surface area (Å²) in [6.07, 6.45) is 3.52. The van der Waals surface area contributed by atoms with Gasteiger partial charge in [0.25, 0.3) is 5.56 Å². The van der Waals surface area contributed by atoms with Crippen molar-refractivity contribution in [2.24, 2.45) is 0 Å². The van der Waals surface area contributed by atoms with E-state index in [0.29, 0.717) is 17.4 Å². The average Bonchev–Trinajstić information content (AvgIpc) is 2.42. The zero-order valence-electron chi connectivity index (χ0n) is 8.23. The van der Waals surface area contributed by atoms with E-state index in [2.05, 4.69) is 10.1 Å². The van der Waals surface area contributed by atoms with E-state index in [9.17, 15) is 4.79 Å². The second-order valence-corrected chi connectivity index (χ2v) is 4.05. The number of anilines is 1. The molecule has 1 fully saturated rings. The van der Waals surface area contributed by atoms with Crippen LogP contribution in [0.4, 0.5) is 5.82 Å². The van der Waals surface area contributed by atoms with Crippen molar-refractivity contribution < 1.29 is 0 Å². The van der Waals surface area contributed by atoms with Gasteiger partial charge in [-0.15, -0.1) is 0 Å². The number of fused-ring (bicyclic) bond motifs is 1. The molecule has 0 saturated heterocycles. The Bertz CT molecular complexity index is 564. The highest BCUT2D eigenvalue weighted by Gasteiger charge is 2.22. The molecule has 78 valence electrons. The van der Waals surface area contributed by atoms with Gasteiger partial charge in [-0.2, -0.15) is 4.52 Å². The predicted molar refractivity (Wildman–Crippen MR) is 56.8 cm³/mol. The Morgan fingerprint density at radius 2 is 2.27 bits per heavy atom. The smallest absolute Gasteiger partial charge is 0.272 e. The minimum Gasteiger partial charge on any atom is -0.384 e. The van der Waals surface area contributed by atoms with Gasteiger partial charge >= 0.3 is 0 Å². The zero-order chi connectivity index (χ0) is 10.4. The van der Waals surface area contributed by atoms with Crippen molar-refractivity contribution in [3.8, 4) is 0 Å². The summed E-state index contributed by atoms with van der Waals surface area (Å²) in [6.45, 7) is 0. The van der Waals surface area contributed by atoms with Crippen molar-refractivity contribution in [3.63, 3.8) is 0 Å². The van der Waals surface area contributed by atoms with Crippen LogP contribution in [0.2, 0.25) is 0 Å². The van der Waals surface area contributed by atoms with Gasteiger partial charge in [0.05, 0.1) is 5.69 Å². The fourth-order valence-electron chi connectivity index (χ4n) is 1.94. The molecule has 0 radical (unpaired) electrons. The summed E-state index contributed by atoms with van der Waals surface area (Å²) < 4.78 is 1.37. The van der Waals surface area contributed by atoms with Crippen LogP contribution in [0.1, 0.15) is 30.9 Å². The number of rotatable bonds is 1. The minimum atomic E-state index is -0.0846. The first-order chi connectivity index (χ1) is 7.24. The summed E-state index contributed by atoms with van der Waals surface area (Å²) in [6, 6.07) is 3.29. The van der Waals surface area contributed by atoms with E-state index in [-0.39, 0.29) is 5.56 Å². The Labute approximate surface area is 85.9 Å². The summed E-state index contributed by atoms with van der Waals surface area (Å²) in [5, 5.41) is 2.75. The molecule has 5 heteroatoms. The van der Waals surface area contributed by atoms with Crippen molar-refractivity contribution in [1.82, 2.24) is 14.6 Å².